The highest BCUT2D eigenvalue weighted by atomic mass is 32.1. The Labute approximate surface area is 123 Å². The first-order valence-electron chi connectivity index (χ1n) is 7.00. The van der Waals surface area contributed by atoms with Gasteiger partial charge in [0.25, 0.3) is 5.91 Å². The molecule has 1 atom stereocenters. The zero-order chi connectivity index (χ0) is 14.1. The van der Waals surface area contributed by atoms with Gasteiger partial charge < -0.3 is 9.47 Å². The van der Waals surface area contributed by atoms with Crippen LogP contribution in [0.2, 0.25) is 0 Å². The van der Waals surface area contributed by atoms with Crippen molar-refractivity contribution in [2.75, 3.05) is 13.1 Å². The molecule has 5 heteroatoms. The Kier molecular flexibility index (Phi) is 3.61. The number of hydrogen-bond acceptors (Lipinski definition) is 3. The van der Waals surface area contributed by atoms with Crippen LogP contribution in [0.1, 0.15) is 40.1 Å². The number of imidazole rings is 1. The highest BCUT2D eigenvalue weighted by Gasteiger charge is 2.27. The molecule has 3 heterocycles. The molecular formula is C15H19N3OS. The van der Waals surface area contributed by atoms with Crippen molar-refractivity contribution >= 4 is 17.2 Å². The number of rotatable bonds is 2. The second-order valence-electron chi connectivity index (χ2n) is 5.34. The molecule has 0 aromatic carbocycles. The van der Waals surface area contributed by atoms with E-state index >= 15 is 0 Å². The number of likely N-dealkylation sites (tertiary alicyclic amines) is 1. The monoisotopic (exact) mass is 289 g/mol. The van der Waals surface area contributed by atoms with Gasteiger partial charge in [0.1, 0.15) is 5.82 Å². The summed E-state index contributed by atoms with van der Waals surface area (Å²) in [4.78, 5) is 19.7. The predicted octanol–water partition coefficient (Wildman–Crippen LogP) is 3.04. The maximum Gasteiger partial charge on any atom is 0.263 e. The fourth-order valence-corrected chi connectivity index (χ4v) is 3.72. The molecule has 0 bridgehead atoms. The third-order valence-electron chi connectivity index (χ3n) is 3.95. The lowest BCUT2D eigenvalue weighted by Gasteiger charge is -2.34. The Morgan fingerprint density at radius 1 is 1.45 bits per heavy atom. The summed E-state index contributed by atoms with van der Waals surface area (Å²) in [5, 5.41) is 1.96. The number of aryl methyl sites for hydroxylation is 2. The highest BCUT2D eigenvalue weighted by Crippen LogP contribution is 2.26. The fraction of sp³-hybridized carbons (Fsp3) is 0.467. The van der Waals surface area contributed by atoms with E-state index < -0.39 is 0 Å². The molecule has 20 heavy (non-hydrogen) atoms. The van der Waals surface area contributed by atoms with E-state index in [4.69, 9.17) is 0 Å². The van der Waals surface area contributed by atoms with Crippen LogP contribution in [0.15, 0.2) is 23.7 Å². The standard InChI is InChI=1S/C15H19N3OS/c1-11-9-16-12(2)18(11)13-5-3-7-17(10-13)15(19)14-6-4-8-20-14/h4,6,8-9,13H,3,5,7,10H2,1-2H3. The second kappa shape index (κ2) is 5.40. The number of aromatic nitrogens is 2. The van der Waals surface area contributed by atoms with Gasteiger partial charge in [-0.25, -0.2) is 4.98 Å². The minimum absolute atomic E-state index is 0.167. The summed E-state index contributed by atoms with van der Waals surface area (Å²) in [5.41, 5.74) is 1.18. The van der Waals surface area contributed by atoms with Crippen molar-refractivity contribution in [2.45, 2.75) is 32.7 Å². The molecule has 0 spiro atoms. The third kappa shape index (κ3) is 2.38. The second-order valence-corrected chi connectivity index (χ2v) is 6.29. The van der Waals surface area contributed by atoms with E-state index in [1.54, 1.807) is 0 Å². The molecule has 1 unspecified atom stereocenters. The molecule has 0 radical (unpaired) electrons. The van der Waals surface area contributed by atoms with Crippen LogP contribution in [-0.4, -0.2) is 33.4 Å². The number of carbonyl (C=O) groups excluding carboxylic acids is 1. The van der Waals surface area contributed by atoms with Crippen LogP contribution in [0.3, 0.4) is 0 Å². The van der Waals surface area contributed by atoms with Gasteiger partial charge >= 0.3 is 0 Å². The zero-order valence-electron chi connectivity index (χ0n) is 11.9. The van der Waals surface area contributed by atoms with E-state index in [0.29, 0.717) is 6.04 Å². The first-order valence-corrected chi connectivity index (χ1v) is 7.88. The Hall–Kier alpha value is -1.62. The normalized spacial score (nSPS) is 19.3. The van der Waals surface area contributed by atoms with Crippen LogP contribution in [0.5, 0.6) is 0 Å². The molecule has 0 saturated carbocycles. The molecule has 2 aromatic rings. The Morgan fingerprint density at radius 2 is 2.30 bits per heavy atom. The van der Waals surface area contributed by atoms with Crippen LogP contribution in [0, 0.1) is 13.8 Å². The van der Waals surface area contributed by atoms with Crippen molar-refractivity contribution in [1.82, 2.24) is 14.5 Å². The molecule has 4 nitrogen and oxygen atoms in total. The summed E-state index contributed by atoms with van der Waals surface area (Å²) < 4.78 is 2.27. The van der Waals surface area contributed by atoms with Crippen molar-refractivity contribution in [3.8, 4) is 0 Å². The number of thiophene rings is 1. The molecule has 1 aliphatic rings. The van der Waals surface area contributed by atoms with E-state index in [9.17, 15) is 4.79 Å². The summed E-state index contributed by atoms with van der Waals surface area (Å²) in [6, 6.07) is 4.20. The zero-order valence-corrected chi connectivity index (χ0v) is 12.7. The van der Waals surface area contributed by atoms with Gasteiger partial charge in [-0.1, -0.05) is 6.07 Å². The maximum atomic E-state index is 12.5. The minimum Gasteiger partial charge on any atom is -0.336 e. The van der Waals surface area contributed by atoms with Crippen molar-refractivity contribution < 1.29 is 4.79 Å². The van der Waals surface area contributed by atoms with Crippen LogP contribution in [-0.2, 0) is 0 Å². The number of piperidine rings is 1. The van der Waals surface area contributed by atoms with Gasteiger partial charge in [-0.2, -0.15) is 0 Å². The fourth-order valence-electron chi connectivity index (χ4n) is 3.02. The lowest BCUT2D eigenvalue weighted by Crippen LogP contribution is -2.40. The van der Waals surface area contributed by atoms with Gasteiger partial charge in [0, 0.05) is 25.0 Å². The lowest BCUT2D eigenvalue weighted by molar-refractivity contribution is 0.0682. The number of amides is 1. The summed E-state index contributed by atoms with van der Waals surface area (Å²) in [5.74, 6) is 1.21. The van der Waals surface area contributed by atoms with Crippen LogP contribution >= 0.6 is 11.3 Å². The van der Waals surface area contributed by atoms with Crippen molar-refractivity contribution in [3.05, 3.63) is 40.1 Å². The van der Waals surface area contributed by atoms with Crippen molar-refractivity contribution in [2.24, 2.45) is 0 Å². The topological polar surface area (TPSA) is 38.1 Å². The number of carbonyl (C=O) groups is 1. The highest BCUT2D eigenvalue weighted by molar-refractivity contribution is 7.12. The molecule has 1 fully saturated rings. The molecule has 0 N–H and O–H groups in total. The summed E-state index contributed by atoms with van der Waals surface area (Å²) in [7, 11) is 0. The smallest absolute Gasteiger partial charge is 0.263 e. The first kappa shape index (κ1) is 13.4. The summed E-state index contributed by atoms with van der Waals surface area (Å²) >= 11 is 1.52. The van der Waals surface area contributed by atoms with Gasteiger partial charge in [-0.15, -0.1) is 11.3 Å². The Balaban J connectivity index is 1.79. The molecule has 1 aliphatic heterocycles. The average Bonchev–Trinajstić information content (AvgIpc) is 3.09. The van der Waals surface area contributed by atoms with Crippen molar-refractivity contribution in [3.63, 3.8) is 0 Å². The SMILES string of the molecule is Cc1cnc(C)n1C1CCCN(C(=O)c2cccs2)C1. The van der Waals surface area contributed by atoms with Crippen LogP contribution in [0.25, 0.3) is 0 Å². The van der Waals surface area contributed by atoms with E-state index in [-0.39, 0.29) is 5.91 Å². The van der Waals surface area contributed by atoms with E-state index in [1.807, 2.05) is 35.5 Å². The number of hydrogen-bond donors (Lipinski definition) is 0. The van der Waals surface area contributed by atoms with Gasteiger partial charge in [0.05, 0.1) is 10.9 Å². The van der Waals surface area contributed by atoms with E-state index in [0.717, 1.165) is 36.6 Å². The molecule has 1 saturated heterocycles. The van der Waals surface area contributed by atoms with Crippen LogP contribution in [0.4, 0.5) is 0 Å². The van der Waals surface area contributed by atoms with Gasteiger partial charge in [0.2, 0.25) is 0 Å². The van der Waals surface area contributed by atoms with Crippen LogP contribution < -0.4 is 0 Å². The minimum atomic E-state index is 0.167. The lowest BCUT2D eigenvalue weighted by atomic mass is 10.0. The predicted molar refractivity (Wildman–Crippen MR) is 80.2 cm³/mol. The molecule has 2 aromatic heterocycles. The van der Waals surface area contributed by atoms with Gasteiger partial charge in [-0.05, 0) is 38.1 Å². The maximum absolute atomic E-state index is 12.5. The molecule has 0 aliphatic carbocycles. The van der Waals surface area contributed by atoms with Crippen molar-refractivity contribution in [1.29, 1.82) is 0 Å². The number of nitrogens with zero attached hydrogens (tertiary/aromatic N) is 3. The van der Waals surface area contributed by atoms with E-state index in [1.165, 1.54) is 17.0 Å². The third-order valence-corrected chi connectivity index (χ3v) is 4.81. The summed E-state index contributed by atoms with van der Waals surface area (Å²) in [6.45, 7) is 5.77. The van der Waals surface area contributed by atoms with E-state index in [2.05, 4.69) is 16.5 Å². The summed E-state index contributed by atoms with van der Waals surface area (Å²) in [6.07, 6.45) is 4.08. The quantitative estimate of drug-likeness (QED) is 0.852. The van der Waals surface area contributed by atoms with Gasteiger partial charge in [-0.3, -0.25) is 4.79 Å². The first-order chi connectivity index (χ1) is 9.66. The Bertz CT molecular complexity index is 583. The molecular weight excluding hydrogens is 270 g/mol. The molecule has 1 amide bonds. The van der Waals surface area contributed by atoms with Gasteiger partial charge in [0.15, 0.2) is 0 Å². The average molecular weight is 289 g/mol. The molecule has 106 valence electrons. The largest absolute Gasteiger partial charge is 0.336 e. The molecule has 3 rings (SSSR count). The Morgan fingerprint density at radius 3 is 2.95 bits per heavy atom.